The van der Waals surface area contributed by atoms with E-state index in [1.807, 2.05) is 24.3 Å². The Morgan fingerprint density at radius 2 is 1.67 bits per heavy atom. The zero-order chi connectivity index (χ0) is 19.0. The lowest BCUT2D eigenvalue weighted by atomic mass is 10.1. The second-order valence-electron chi connectivity index (χ2n) is 6.24. The molecule has 0 bridgehead atoms. The topological polar surface area (TPSA) is 49.4 Å². The van der Waals surface area contributed by atoms with Gasteiger partial charge in [0.1, 0.15) is 11.1 Å². The molecule has 0 aromatic heterocycles. The Hall–Kier alpha value is -2.05. The maximum atomic E-state index is 13.4. The molecule has 1 N–H and O–H groups in total. The molecule has 138 valence electrons. The van der Waals surface area contributed by atoms with Crippen LogP contribution in [0.1, 0.15) is 17.3 Å². The number of halogens is 2. The number of hydrogen-bond acceptors (Lipinski definition) is 3. The molecule has 0 saturated heterocycles. The lowest BCUT2D eigenvalue weighted by Gasteiger charge is -2.37. The van der Waals surface area contributed by atoms with Gasteiger partial charge in [-0.2, -0.15) is 4.31 Å². The monoisotopic (exact) mass is 418 g/mol. The number of nitrogens with zero attached hydrogens (tertiary/aromatic N) is 1. The lowest BCUT2D eigenvalue weighted by molar-refractivity contribution is 0.336. The predicted molar refractivity (Wildman–Crippen MR) is 108 cm³/mol. The van der Waals surface area contributed by atoms with E-state index in [0.29, 0.717) is 21.3 Å². The van der Waals surface area contributed by atoms with E-state index in [0.717, 1.165) is 5.56 Å². The van der Waals surface area contributed by atoms with Crippen LogP contribution in [0.4, 0.5) is 5.69 Å². The van der Waals surface area contributed by atoms with Crippen molar-refractivity contribution >= 4 is 38.9 Å². The van der Waals surface area contributed by atoms with Crippen LogP contribution in [0.5, 0.6) is 0 Å². The average Bonchev–Trinajstić information content (AvgIpc) is 2.65. The molecule has 0 saturated carbocycles. The highest BCUT2D eigenvalue weighted by atomic mass is 35.5. The summed E-state index contributed by atoms with van der Waals surface area (Å²) in [5.74, 6) is 0. The van der Waals surface area contributed by atoms with Gasteiger partial charge in [0.05, 0.1) is 5.69 Å². The maximum absolute atomic E-state index is 13.4. The van der Waals surface area contributed by atoms with Crippen molar-refractivity contribution in [1.29, 1.82) is 0 Å². The Labute approximate surface area is 168 Å². The fourth-order valence-corrected chi connectivity index (χ4v) is 5.34. The van der Waals surface area contributed by atoms with Gasteiger partial charge in [-0.1, -0.05) is 65.7 Å². The van der Waals surface area contributed by atoms with Crippen molar-refractivity contribution < 1.29 is 8.42 Å². The summed E-state index contributed by atoms with van der Waals surface area (Å²) in [6.45, 7) is 0.167. The van der Waals surface area contributed by atoms with Crippen molar-refractivity contribution in [2.24, 2.45) is 0 Å². The van der Waals surface area contributed by atoms with Gasteiger partial charge in [-0.25, -0.2) is 8.42 Å². The molecule has 3 aromatic carbocycles. The van der Waals surface area contributed by atoms with E-state index in [1.165, 1.54) is 4.31 Å². The zero-order valence-corrected chi connectivity index (χ0v) is 16.5. The first kappa shape index (κ1) is 18.3. The normalized spacial score (nSPS) is 18.5. The van der Waals surface area contributed by atoms with Crippen molar-refractivity contribution in [3.8, 4) is 0 Å². The highest BCUT2D eigenvalue weighted by molar-refractivity contribution is 7.89. The molecule has 7 heteroatoms. The molecule has 1 heterocycles. The summed E-state index contributed by atoms with van der Waals surface area (Å²) in [6.07, 6.45) is -0.627. The Bertz CT molecular complexity index is 1100. The van der Waals surface area contributed by atoms with Crippen LogP contribution in [0.3, 0.4) is 0 Å². The third-order valence-corrected chi connectivity index (χ3v) is 6.93. The minimum Gasteiger partial charge on any atom is -0.364 e. The smallest absolute Gasteiger partial charge is 0.247 e. The van der Waals surface area contributed by atoms with E-state index >= 15 is 0 Å². The van der Waals surface area contributed by atoms with Crippen molar-refractivity contribution in [2.75, 3.05) is 5.32 Å². The summed E-state index contributed by atoms with van der Waals surface area (Å²) in [6, 6.07) is 21.3. The maximum Gasteiger partial charge on any atom is 0.247 e. The van der Waals surface area contributed by atoms with Crippen molar-refractivity contribution in [3.05, 3.63) is 94.0 Å². The van der Waals surface area contributed by atoms with Crippen molar-refractivity contribution in [3.63, 3.8) is 0 Å². The van der Waals surface area contributed by atoms with Crippen LogP contribution in [0.2, 0.25) is 10.0 Å². The number of nitrogens with one attached hydrogen (secondary N) is 1. The van der Waals surface area contributed by atoms with Crippen LogP contribution in [-0.4, -0.2) is 12.7 Å². The number of fused-ring (bicyclic) bond motifs is 1. The Kier molecular flexibility index (Phi) is 4.86. The second kappa shape index (κ2) is 7.17. The molecule has 0 fully saturated rings. The van der Waals surface area contributed by atoms with Gasteiger partial charge < -0.3 is 5.32 Å². The summed E-state index contributed by atoms with van der Waals surface area (Å²) >= 11 is 12.5. The molecule has 1 atom stereocenters. The van der Waals surface area contributed by atoms with Crippen LogP contribution < -0.4 is 5.32 Å². The number of para-hydroxylation sites is 1. The number of hydrogen-bond donors (Lipinski definition) is 1. The SMILES string of the molecule is O=S1(=O)c2ccccc2N[C@@H](c2ccccc2Cl)N1Cc1cccc(Cl)c1. The summed E-state index contributed by atoms with van der Waals surface area (Å²) in [7, 11) is -3.74. The van der Waals surface area contributed by atoms with Gasteiger partial charge in [0, 0.05) is 22.2 Å². The van der Waals surface area contributed by atoms with Gasteiger partial charge in [0.15, 0.2) is 0 Å². The minimum atomic E-state index is -3.74. The van der Waals surface area contributed by atoms with Crippen molar-refractivity contribution in [2.45, 2.75) is 17.6 Å². The minimum absolute atomic E-state index is 0.167. The molecule has 0 spiro atoms. The van der Waals surface area contributed by atoms with Gasteiger partial charge in [0.2, 0.25) is 10.0 Å². The molecule has 0 amide bonds. The van der Waals surface area contributed by atoms with Crippen molar-refractivity contribution in [1.82, 2.24) is 4.31 Å². The third kappa shape index (κ3) is 3.44. The van der Waals surface area contributed by atoms with Crippen LogP contribution in [0.15, 0.2) is 77.7 Å². The molecule has 4 nitrogen and oxygen atoms in total. The largest absolute Gasteiger partial charge is 0.364 e. The Morgan fingerprint density at radius 1 is 0.926 bits per heavy atom. The predicted octanol–water partition coefficient (Wildman–Crippen LogP) is 5.31. The number of benzene rings is 3. The van der Waals surface area contributed by atoms with Gasteiger partial charge in [-0.05, 0) is 35.9 Å². The van der Waals surface area contributed by atoms with Gasteiger partial charge in [-0.3, -0.25) is 0 Å². The first-order chi connectivity index (χ1) is 13.0. The first-order valence-electron chi connectivity index (χ1n) is 8.33. The number of sulfonamides is 1. The molecule has 0 aliphatic carbocycles. The fraction of sp³-hybridized carbons (Fsp3) is 0.100. The molecule has 27 heavy (non-hydrogen) atoms. The van der Waals surface area contributed by atoms with Crippen LogP contribution in [0.25, 0.3) is 0 Å². The second-order valence-corrected chi connectivity index (χ2v) is 8.95. The first-order valence-corrected chi connectivity index (χ1v) is 10.5. The lowest BCUT2D eigenvalue weighted by Crippen LogP contribution is -2.42. The van der Waals surface area contributed by atoms with E-state index in [1.54, 1.807) is 48.5 Å². The van der Waals surface area contributed by atoms with Crippen LogP contribution in [0, 0.1) is 0 Å². The fourth-order valence-electron chi connectivity index (χ4n) is 3.22. The highest BCUT2D eigenvalue weighted by Gasteiger charge is 2.39. The Morgan fingerprint density at radius 3 is 2.44 bits per heavy atom. The van der Waals surface area contributed by atoms with Gasteiger partial charge in [0.25, 0.3) is 0 Å². The summed E-state index contributed by atoms with van der Waals surface area (Å²) in [4.78, 5) is 0.246. The zero-order valence-electron chi connectivity index (χ0n) is 14.1. The van der Waals surface area contributed by atoms with E-state index in [9.17, 15) is 8.42 Å². The molecular weight excluding hydrogens is 403 g/mol. The molecular formula is C20H16Cl2N2O2S. The van der Waals surface area contributed by atoms with Gasteiger partial charge in [-0.15, -0.1) is 0 Å². The quantitative estimate of drug-likeness (QED) is 0.626. The van der Waals surface area contributed by atoms with Crippen LogP contribution in [-0.2, 0) is 16.6 Å². The third-order valence-electron chi connectivity index (χ3n) is 4.48. The van der Waals surface area contributed by atoms with E-state index in [2.05, 4.69) is 5.32 Å². The molecule has 0 unspecified atom stereocenters. The number of rotatable bonds is 3. The van der Waals surface area contributed by atoms with E-state index in [-0.39, 0.29) is 11.4 Å². The van der Waals surface area contributed by atoms with Gasteiger partial charge >= 0.3 is 0 Å². The molecule has 4 rings (SSSR count). The molecule has 3 aromatic rings. The van der Waals surface area contributed by atoms with Crippen LogP contribution >= 0.6 is 23.2 Å². The summed E-state index contributed by atoms with van der Waals surface area (Å²) in [5, 5.41) is 4.38. The summed E-state index contributed by atoms with van der Waals surface area (Å²) < 4.78 is 28.2. The Balaban J connectivity index is 1.86. The standard InChI is InChI=1S/C20H16Cl2N2O2S/c21-15-7-5-6-14(12-15)13-24-20(16-8-1-2-9-17(16)22)23-18-10-3-4-11-19(18)27(24,25)26/h1-12,20,23H,13H2/t20-/m1/s1. The molecule has 1 aliphatic heterocycles. The van der Waals surface area contributed by atoms with E-state index < -0.39 is 16.2 Å². The molecule has 1 aliphatic rings. The summed E-state index contributed by atoms with van der Waals surface area (Å²) in [5.41, 5.74) is 2.05. The molecule has 0 radical (unpaired) electrons. The number of anilines is 1. The average molecular weight is 419 g/mol. The van der Waals surface area contributed by atoms with E-state index in [4.69, 9.17) is 23.2 Å². The highest BCUT2D eigenvalue weighted by Crippen LogP contribution is 2.40.